The van der Waals surface area contributed by atoms with Gasteiger partial charge in [-0.1, -0.05) is 0 Å². The third-order valence-electron chi connectivity index (χ3n) is 2.97. The van der Waals surface area contributed by atoms with E-state index in [0.29, 0.717) is 11.7 Å². The molecule has 0 aromatic carbocycles. The van der Waals surface area contributed by atoms with E-state index in [0.717, 1.165) is 25.5 Å². The lowest BCUT2D eigenvalue weighted by molar-refractivity contribution is -0.00580. The molecule has 0 amide bonds. The van der Waals surface area contributed by atoms with Crippen molar-refractivity contribution in [2.75, 3.05) is 13.2 Å². The van der Waals surface area contributed by atoms with E-state index in [4.69, 9.17) is 10.00 Å². The molecule has 0 unspecified atom stereocenters. The lowest BCUT2D eigenvalue weighted by atomic mass is 10.2. The molecule has 2 heterocycles. The highest BCUT2D eigenvalue weighted by Crippen LogP contribution is 2.13. The molecule has 0 aliphatic carbocycles. The third kappa shape index (κ3) is 1.89. The Morgan fingerprint density at radius 3 is 2.87 bits per heavy atom. The van der Waals surface area contributed by atoms with Crippen molar-refractivity contribution >= 4 is 0 Å². The molecular formula is C11H15N3O. The van der Waals surface area contributed by atoms with Crippen LogP contribution in [0.25, 0.3) is 0 Å². The first-order valence-electron chi connectivity index (χ1n) is 5.09. The van der Waals surface area contributed by atoms with Gasteiger partial charge >= 0.3 is 0 Å². The number of hydrogen-bond donors (Lipinski definition) is 1. The Bertz CT molecular complexity index is 399. The van der Waals surface area contributed by atoms with E-state index in [1.807, 2.05) is 24.6 Å². The van der Waals surface area contributed by atoms with E-state index in [9.17, 15) is 0 Å². The largest absolute Gasteiger partial charge is 0.378 e. The van der Waals surface area contributed by atoms with Crippen molar-refractivity contribution in [2.24, 2.45) is 7.05 Å². The Labute approximate surface area is 89.5 Å². The maximum Gasteiger partial charge on any atom is 0.120 e. The second-order valence-electron chi connectivity index (χ2n) is 3.93. The topological polar surface area (TPSA) is 50.0 Å². The van der Waals surface area contributed by atoms with Crippen molar-refractivity contribution in [2.45, 2.75) is 19.5 Å². The number of nitrogens with zero attached hydrogens (tertiary/aromatic N) is 2. The van der Waals surface area contributed by atoms with E-state index in [-0.39, 0.29) is 0 Å². The zero-order valence-electron chi connectivity index (χ0n) is 9.08. The van der Waals surface area contributed by atoms with E-state index in [2.05, 4.69) is 11.4 Å². The Hall–Kier alpha value is -1.31. The minimum absolute atomic E-state index is 0.482. The van der Waals surface area contributed by atoms with Crippen LogP contribution in [0.2, 0.25) is 0 Å². The SMILES string of the molecule is Cc1c(CNC2COC2)cc(C#N)n1C. The predicted octanol–water partition coefficient (Wildman–Crippen LogP) is 0.694. The van der Waals surface area contributed by atoms with Gasteiger partial charge in [0.1, 0.15) is 11.8 Å². The Morgan fingerprint density at radius 2 is 2.40 bits per heavy atom. The molecule has 0 radical (unpaired) electrons. The lowest BCUT2D eigenvalue weighted by Gasteiger charge is -2.26. The molecule has 1 aliphatic heterocycles. The number of ether oxygens (including phenoxy) is 1. The van der Waals surface area contributed by atoms with E-state index < -0.39 is 0 Å². The molecule has 1 aromatic rings. The van der Waals surface area contributed by atoms with Gasteiger partial charge in [0.25, 0.3) is 0 Å². The quantitative estimate of drug-likeness (QED) is 0.790. The van der Waals surface area contributed by atoms with Crippen molar-refractivity contribution < 1.29 is 4.74 Å². The van der Waals surface area contributed by atoms with Crippen LogP contribution in [-0.2, 0) is 18.3 Å². The average Bonchev–Trinajstić information content (AvgIpc) is 2.43. The zero-order chi connectivity index (χ0) is 10.8. The van der Waals surface area contributed by atoms with Crippen LogP contribution in [0.4, 0.5) is 0 Å². The third-order valence-corrected chi connectivity index (χ3v) is 2.97. The van der Waals surface area contributed by atoms with Crippen LogP contribution in [0, 0.1) is 18.3 Å². The fourth-order valence-electron chi connectivity index (χ4n) is 1.66. The second kappa shape index (κ2) is 4.05. The highest BCUT2D eigenvalue weighted by molar-refractivity contribution is 5.34. The lowest BCUT2D eigenvalue weighted by Crippen LogP contribution is -2.45. The highest BCUT2D eigenvalue weighted by Gasteiger charge is 2.18. The predicted molar refractivity (Wildman–Crippen MR) is 56.3 cm³/mol. The Balaban J connectivity index is 2.04. The molecule has 15 heavy (non-hydrogen) atoms. The van der Waals surface area contributed by atoms with E-state index >= 15 is 0 Å². The standard InChI is InChI=1S/C11H15N3O/c1-8-9(3-11(4-12)14(8)2)5-13-10-6-15-7-10/h3,10,13H,5-7H2,1-2H3. The molecule has 0 bridgehead atoms. The summed E-state index contributed by atoms with van der Waals surface area (Å²) in [7, 11) is 1.92. The molecule has 2 rings (SSSR count). The number of hydrogen-bond acceptors (Lipinski definition) is 3. The summed E-state index contributed by atoms with van der Waals surface area (Å²) in [5.41, 5.74) is 3.06. The minimum Gasteiger partial charge on any atom is -0.378 e. The fraction of sp³-hybridized carbons (Fsp3) is 0.545. The molecule has 0 atom stereocenters. The van der Waals surface area contributed by atoms with Crippen LogP contribution < -0.4 is 5.32 Å². The molecule has 1 aromatic heterocycles. The van der Waals surface area contributed by atoms with E-state index in [1.165, 1.54) is 5.56 Å². The second-order valence-corrected chi connectivity index (χ2v) is 3.93. The van der Waals surface area contributed by atoms with Crippen LogP contribution in [0.1, 0.15) is 17.0 Å². The Morgan fingerprint density at radius 1 is 1.67 bits per heavy atom. The van der Waals surface area contributed by atoms with Gasteiger partial charge in [0.05, 0.1) is 19.3 Å². The first-order chi connectivity index (χ1) is 7.22. The monoisotopic (exact) mass is 205 g/mol. The normalized spacial score (nSPS) is 16.1. The minimum atomic E-state index is 0.482. The summed E-state index contributed by atoms with van der Waals surface area (Å²) < 4.78 is 7.01. The van der Waals surface area contributed by atoms with Crippen molar-refractivity contribution in [1.29, 1.82) is 5.26 Å². The van der Waals surface area contributed by atoms with Crippen LogP contribution >= 0.6 is 0 Å². The number of rotatable bonds is 3. The van der Waals surface area contributed by atoms with Crippen molar-refractivity contribution in [3.8, 4) is 6.07 Å². The van der Waals surface area contributed by atoms with Gasteiger partial charge in [-0.2, -0.15) is 5.26 Å². The summed E-state index contributed by atoms with van der Waals surface area (Å²) in [5.74, 6) is 0. The van der Waals surface area contributed by atoms with Gasteiger partial charge in [0.2, 0.25) is 0 Å². The van der Waals surface area contributed by atoms with Gasteiger partial charge in [-0.3, -0.25) is 0 Å². The summed E-state index contributed by atoms with van der Waals surface area (Å²) in [6, 6.07) is 4.61. The summed E-state index contributed by atoms with van der Waals surface area (Å²) in [4.78, 5) is 0. The maximum atomic E-state index is 8.88. The molecular weight excluding hydrogens is 190 g/mol. The zero-order valence-corrected chi connectivity index (χ0v) is 9.08. The van der Waals surface area contributed by atoms with E-state index in [1.54, 1.807) is 0 Å². The molecule has 4 nitrogen and oxygen atoms in total. The highest BCUT2D eigenvalue weighted by atomic mass is 16.5. The maximum absolute atomic E-state index is 8.88. The Kier molecular flexibility index (Phi) is 2.76. The molecule has 4 heteroatoms. The molecule has 0 spiro atoms. The van der Waals surface area contributed by atoms with Gasteiger partial charge < -0.3 is 14.6 Å². The van der Waals surface area contributed by atoms with Crippen LogP contribution in [0.3, 0.4) is 0 Å². The van der Waals surface area contributed by atoms with Gasteiger partial charge in [-0.05, 0) is 18.6 Å². The van der Waals surface area contributed by atoms with Crippen LogP contribution in [0.5, 0.6) is 0 Å². The summed E-state index contributed by atoms with van der Waals surface area (Å²) >= 11 is 0. The van der Waals surface area contributed by atoms with Crippen molar-refractivity contribution in [3.05, 3.63) is 23.0 Å². The summed E-state index contributed by atoms with van der Waals surface area (Å²) in [5, 5.41) is 12.3. The molecule has 1 aliphatic rings. The van der Waals surface area contributed by atoms with Crippen molar-refractivity contribution in [3.63, 3.8) is 0 Å². The first kappa shape index (κ1) is 10.2. The summed E-state index contributed by atoms with van der Waals surface area (Å²) in [6.07, 6.45) is 0. The molecule has 80 valence electrons. The van der Waals surface area contributed by atoms with Gasteiger partial charge in [0, 0.05) is 19.3 Å². The fourth-order valence-corrected chi connectivity index (χ4v) is 1.66. The average molecular weight is 205 g/mol. The summed E-state index contributed by atoms with van der Waals surface area (Å²) in [6.45, 7) is 4.46. The molecule has 0 saturated carbocycles. The smallest absolute Gasteiger partial charge is 0.120 e. The van der Waals surface area contributed by atoms with Gasteiger partial charge in [-0.25, -0.2) is 0 Å². The van der Waals surface area contributed by atoms with Crippen molar-refractivity contribution in [1.82, 2.24) is 9.88 Å². The number of nitriles is 1. The number of nitrogens with one attached hydrogen (secondary N) is 1. The van der Waals surface area contributed by atoms with Crippen LogP contribution in [0.15, 0.2) is 6.07 Å². The molecule has 1 saturated heterocycles. The van der Waals surface area contributed by atoms with Crippen LogP contribution in [-0.4, -0.2) is 23.8 Å². The van der Waals surface area contributed by atoms with Gasteiger partial charge in [-0.15, -0.1) is 0 Å². The molecule has 1 fully saturated rings. The van der Waals surface area contributed by atoms with Gasteiger partial charge in [0.15, 0.2) is 0 Å². The molecule has 1 N–H and O–H groups in total. The number of aromatic nitrogens is 1. The first-order valence-corrected chi connectivity index (χ1v) is 5.09.